The van der Waals surface area contributed by atoms with Gasteiger partial charge in [0.15, 0.2) is 5.58 Å². The van der Waals surface area contributed by atoms with E-state index in [-0.39, 0.29) is 0 Å². The summed E-state index contributed by atoms with van der Waals surface area (Å²) in [7, 11) is 0. The first-order valence-electron chi connectivity index (χ1n) is 13.0. The van der Waals surface area contributed by atoms with Crippen molar-refractivity contribution in [2.24, 2.45) is 0 Å². The maximum absolute atomic E-state index is 12.9. The van der Waals surface area contributed by atoms with Crippen LogP contribution in [0.5, 0.6) is 0 Å². The first-order valence-corrected chi connectivity index (χ1v) is 13.0. The van der Waals surface area contributed by atoms with Crippen LogP contribution in [0.1, 0.15) is 5.56 Å². The van der Waals surface area contributed by atoms with Crippen molar-refractivity contribution < 1.29 is 17.6 Å². The lowest BCUT2D eigenvalue weighted by atomic mass is 9.96. The number of alkyl halides is 3. The van der Waals surface area contributed by atoms with Crippen LogP contribution in [0.25, 0.3) is 66.8 Å². The van der Waals surface area contributed by atoms with E-state index in [9.17, 15) is 13.2 Å². The van der Waals surface area contributed by atoms with Gasteiger partial charge in [0, 0.05) is 11.8 Å². The Morgan fingerprint density at radius 3 is 1.66 bits per heavy atom. The second-order valence-corrected chi connectivity index (χ2v) is 9.85. The number of fused-ring (bicyclic) bond motifs is 2. The third kappa shape index (κ3) is 4.85. The Bertz CT molecular complexity index is 1970. The summed E-state index contributed by atoms with van der Waals surface area (Å²) in [6, 6.07) is 37.3. The van der Waals surface area contributed by atoms with Gasteiger partial charge in [-0.25, -0.2) is 4.98 Å². The maximum Gasteiger partial charge on any atom is 0.416 e. The van der Waals surface area contributed by atoms with Crippen LogP contribution >= 0.6 is 0 Å². The molecule has 2 aromatic heterocycles. The van der Waals surface area contributed by atoms with Crippen LogP contribution in [0.2, 0.25) is 0 Å². The molecule has 5 aromatic carbocycles. The lowest BCUT2D eigenvalue weighted by Crippen LogP contribution is -2.03. The third-order valence-corrected chi connectivity index (χ3v) is 7.21. The molecule has 0 bridgehead atoms. The summed E-state index contributed by atoms with van der Waals surface area (Å²) in [5, 5.41) is 2.21. The molecule has 0 aliphatic heterocycles. The van der Waals surface area contributed by atoms with Gasteiger partial charge in [0.2, 0.25) is 5.89 Å². The lowest BCUT2D eigenvalue weighted by Gasteiger charge is -2.09. The van der Waals surface area contributed by atoms with Crippen molar-refractivity contribution in [3.63, 3.8) is 0 Å². The Labute approximate surface area is 233 Å². The number of hydrogen-bond donors (Lipinski definition) is 0. The van der Waals surface area contributed by atoms with Crippen LogP contribution in [0, 0.1) is 0 Å². The van der Waals surface area contributed by atoms with Gasteiger partial charge in [-0.15, -0.1) is 0 Å². The van der Waals surface area contributed by atoms with E-state index in [2.05, 4.69) is 46.4 Å². The molecule has 0 fully saturated rings. The molecule has 0 radical (unpaired) electrons. The molecule has 41 heavy (non-hydrogen) atoms. The molecule has 6 heteroatoms. The number of halogens is 3. The van der Waals surface area contributed by atoms with Crippen LogP contribution in [-0.2, 0) is 6.18 Å². The Morgan fingerprint density at radius 2 is 1.07 bits per heavy atom. The summed E-state index contributed by atoms with van der Waals surface area (Å²) in [5.41, 5.74) is 7.33. The minimum Gasteiger partial charge on any atom is -0.435 e. The van der Waals surface area contributed by atoms with Crippen LogP contribution in [0.3, 0.4) is 0 Å². The average Bonchev–Trinajstić information content (AvgIpc) is 3.45. The second kappa shape index (κ2) is 9.75. The smallest absolute Gasteiger partial charge is 0.416 e. The van der Waals surface area contributed by atoms with E-state index in [1.54, 1.807) is 0 Å². The summed E-state index contributed by atoms with van der Waals surface area (Å²) < 4.78 is 44.5. The summed E-state index contributed by atoms with van der Waals surface area (Å²) in [6.07, 6.45) is -2.51. The van der Waals surface area contributed by atoms with Gasteiger partial charge in [-0.2, -0.15) is 13.2 Å². The number of pyridine rings is 1. The summed E-state index contributed by atoms with van der Waals surface area (Å²) >= 11 is 0. The predicted octanol–water partition coefficient (Wildman–Crippen LogP) is 10.1. The van der Waals surface area contributed by atoms with E-state index in [1.165, 1.54) is 12.1 Å². The molecule has 0 aliphatic carbocycles. The molecule has 7 aromatic rings. The topological polar surface area (TPSA) is 38.9 Å². The van der Waals surface area contributed by atoms with Crippen molar-refractivity contribution in [2.75, 3.05) is 0 Å². The van der Waals surface area contributed by atoms with Crippen molar-refractivity contribution in [2.45, 2.75) is 6.18 Å². The van der Waals surface area contributed by atoms with E-state index in [0.29, 0.717) is 11.6 Å². The van der Waals surface area contributed by atoms with E-state index in [1.807, 2.05) is 66.9 Å². The highest BCUT2D eigenvalue weighted by molar-refractivity contribution is 5.91. The van der Waals surface area contributed by atoms with Crippen molar-refractivity contribution in [1.29, 1.82) is 0 Å². The molecule has 0 unspecified atom stereocenters. The van der Waals surface area contributed by atoms with Gasteiger partial charge in [-0.3, -0.25) is 4.98 Å². The van der Waals surface area contributed by atoms with Gasteiger partial charge in [0.1, 0.15) is 11.2 Å². The first kappa shape index (κ1) is 24.8. The van der Waals surface area contributed by atoms with E-state index in [4.69, 9.17) is 4.42 Å². The van der Waals surface area contributed by atoms with E-state index >= 15 is 0 Å². The van der Waals surface area contributed by atoms with Gasteiger partial charge in [0.25, 0.3) is 0 Å². The second-order valence-electron chi connectivity index (χ2n) is 9.85. The quantitative estimate of drug-likeness (QED) is 0.222. The summed E-state index contributed by atoms with van der Waals surface area (Å²) in [6.45, 7) is 0. The van der Waals surface area contributed by atoms with Gasteiger partial charge < -0.3 is 4.42 Å². The molecule has 0 atom stereocenters. The zero-order valence-electron chi connectivity index (χ0n) is 21.6. The predicted molar refractivity (Wildman–Crippen MR) is 156 cm³/mol. The fourth-order valence-electron chi connectivity index (χ4n) is 4.98. The van der Waals surface area contributed by atoms with Crippen molar-refractivity contribution in [3.05, 3.63) is 133 Å². The third-order valence-electron chi connectivity index (χ3n) is 7.21. The molecule has 0 amide bonds. The van der Waals surface area contributed by atoms with Gasteiger partial charge in [-0.1, -0.05) is 78.9 Å². The van der Waals surface area contributed by atoms with Crippen molar-refractivity contribution in [3.8, 4) is 45.0 Å². The normalized spacial score (nSPS) is 11.8. The summed E-state index contributed by atoms with van der Waals surface area (Å²) in [4.78, 5) is 9.12. The maximum atomic E-state index is 12.9. The van der Waals surface area contributed by atoms with Gasteiger partial charge in [-0.05, 0) is 81.1 Å². The molecular weight excluding hydrogens is 521 g/mol. The Kier molecular flexibility index (Phi) is 5.89. The lowest BCUT2D eigenvalue weighted by molar-refractivity contribution is -0.137. The number of aromatic nitrogens is 2. The van der Waals surface area contributed by atoms with E-state index in [0.717, 1.165) is 67.4 Å². The number of para-hydroxylation sites is 2. The standard InChI is InChI=1S/C35H21F3N2O/c36-35(37,38)30-16-13-23(14-17-30)22-5-7-24(8-6-22)25-9-10-27-20-28(12-11-26(27)19-25)29-15-18-32(39-21-29)34-40-31-3-1-2-4-33(31)41-34/h1-21H. The molecular formula is C35H21F3N2O. The highest BCUT2D eigenvalue weighted by Crippen LogP contribution is 2.33. The van der Waals surface area contributed by atoms with Crippen molar-refractivity contribution >= 4 is 21.9 Å². The molecule has 2 heterocycles. The number of hydrogen-bond acceptors (Lipinski definition) is 3. The number of oxazole rings is 1. The van der Waals surface area contributed by atoms with Crippen LogP contribution in [-0.4, -0.2) is 9.97 Å². The van der Waals surface area contributed by atoms with Crippen LogP contribution < -0.4 is 0 Å². The molecule has 3 nitrogen and oxygen atoms in total. The average molecular weight is 543 g/mol. The molecule has 0 aliphatic rings. The van der Waals surface area contributed by atoms with Crippen LogP contribution in [0.4, 0.5) is 13.2 Å². The zero-order chi connectivity index (χ0) is 28.0. The Morgan fingerprint density at radius 1 is 0.537 bits per heavy atom. The molecule has 0 N–H and O–H groups in total. The van der Waals surface area contributed by atoms with E-state index < -0.39 is 11.7 Å². The first-order chi connectivity index (χ1) is 19.9. The molecule has 0 spiro atoms. The molecule has 0 saturated heterocycles. The minimum absolute atomic E-state index is 0.496. The SMILES string of the molecule is FC(F)(F)c1ccc(-c2ccc(-c3ccc4cc(-c5ccc(-c6nc7ccccc7o6)nc5)ccc4c3)cc2)cc1. The molecule has 198 valence electrons. The van der Waals surface area contributed by atoms with Crippen molar-refractivity contribution in [1.82, 2.24) is 9.97 Å². The Hall–Kier alpha value is -5.23. The molecule has 0 saturated carbocycles. The highest BCUT2D eigenvalue weighted by atomic mass is 19.4. The number of nitrogens with zero attached hydrogens (tertiary/aromatic N) is 2. The fourth-order valence-corrected chi connectivity index (χ4v) is 4.98. The highest BCUT2D eigenvalue weighted by Gasteiger charge is 2.29. The largest absolute Gasteiger partial charge is 0.435 e. The van der Waals surface area contributed by atoms with Gasteiger partial charge >= 0.3 is 6.18 Å². The van der Waals surface area contributed by atoms with Crippen LogP contribution in [0.15, 0.2) is 132 Å². The number of rotatable bonds is 4. The minimum atomic E-state index is -4.34. The molecule has 7 rings (SSSR count). The monoisotopic (exact) mass is 542 g/mol. The zero-order valence-corrected chi connectivity index (χ0v) is 21.6. The Balaban J connectivity index is 1.11. The number of benzene rings is 5. The van der Waals surface area contributed by atoms with Gasteiger partial charge in [0.05, 0.1) is 5.56 Å². The summed E-state index contributed by atoms with van der Waals surface area (Å²) in [5.74, 6) is 0.496. The fraction of sp³-hybridized carbons (Fsp3) is 0.0286.